The van der Waals surface area contributed by atoms with E-state index in [9.17, 15) is 15.0 Å². The van der Waals surface area contributed by atoms with Gasteiger partial charge in [0.1, 0.15) is 0 Å². The van der Waals surface area contributed by atoms with Crippen molar-refractivity contribution < 1.29 is 31.5 Å². The second kappa shape index (κ2) is 13.0. The molecule has 9 heteroatoms. The van der Waals surface area contributed by atoms with Gasteiger partial charge in [-0.2, -0.15) is 0 Å². The van der Waals surface area contributed by atoms with Crippen molar-refractivity contribution in [3.63, 3.8) is 0 Å². The molecule has 0 unspecified atom stereocenters. The molecule has 3 aromatic carbocycles. The van der Waals surface area contributed by atoms with Gasteiger partial charge in [0, 0.05) is 33.8 Å². The van der Waals surface area contributed by atoms with Gasteiger partial charge >= 0.3 is 16.5 Å². The molecule has 0 radical (unpaired) electrons. The number of likely N-dealkylation sites (tertiary alicyclic amines) is 1. The van der Waals surface area contributed by atoms with Crippen molar-refractivity contribution >= 4 is 46.5 Å². The third kappa shape index (κ3) is 6.95. The first-order valence-electron chi connectivity index (χ1n) is 11.2. The van der Waals surface area contributed by atoms with Crippen molar-refractivity contribution in [2.24, 2.45) is 9.98 Å². The molecule has 0 amide bonds. The number of aliphatic carboxylic acids is 1. The molecular weight excluding hydrogens is 544 g/mol. The predicted molar refractivity (Wildman–Crippen MR) is 135 cm³/mol. The molecule has 1 aliphatic rings. The molecule has 1 aliphatic heterocycles. The second-order valence-electron chi connectivity index (χ2n) is 8.24. The number of carboxylic acid groups (broad SMARTS) is 1. The molecule has 0 spiro atoms. The smallest absolute Gasteiger partial charge is 0.861 e. The fourth-order valence-electron chi connectivity index (χ4n) is 4.21. The molecule has 0 saturated carbocycles. The first kappa shape index (κ1) is 27.9. The van der Waals surface area contributed by atoms with Crippen LogP contribution in [0.3, 0.4) is 0 Å². The van der Waals surface area contributed by atoms with E-state index in [1.165, 1.54) is 0 Å². The molecule has 3 aromatic rings. The zero-order chi connectivity index (χ0) is 24.8. The largest absolute Gasteiger partial charge is 2.00 e. The van der Waals surface area contributed by atoms with Crippen LogP contribution < -0.4 is 10.2 Å². The molecule has 0 aromatic heterocycles. The number of nitrogens with zero attached hydrogens (tertiary/aromatic N) is 3. The van der Waals surface area contributed by atoms with Gasteiger partial charge < -0.3 is 15.0 Å². The molecule has 1 fully saturated rings. The number of halogens is 2. The zero-order valence-corrected chi connectivity index (χ0v) is 21.7. The average molecular weight is 567 g/mol. The average Bonchev–Trinajstić information content (AvgIpc) is 3.30. The van der Waals surface area contributed by atoms with Gasteiger partial charge in [-0.25, -0.2) is 0 Å². The molecule has 1 saturated heterocycles. The molecular formula is C27H23Cl2N3NiO3. The van der Waals surface area contributed by atoms with E-state index in [-0.39, 0.29) is 34.1 Å². The van der Waals surface area contributed by atoms with Gasteiger partial charge in [0.05, 0.1) is 23.9 Å². The van der Waals surface area contributed by atoms with Crippen molar-refractivity contribution in [3.05, 3.63) is 99.5 Å². The van der Waals surface area contributed by atoms with Crippen LogP contribution in [0.1, 0.15) is 29.5 Å². The minimum absolute atomic E-state index is 0. The topological polar surface area (TPSA) is 91.1 Å². The van der Waals surface area contributed by atoms with E-state index >= 15 is 0 Å². The van der Waals surface area contributed by atoms with E-state index < -0.39 is 12.5 Å². The van der Waals surface area contributed by atoms with E-state index in [0.29, 0.717) is 39.8 Å². The van der Waals surface area contributed by atoms with E-state index in [1.807, 2.05) is 30.3 Å². The summed E-state index contributed by atoms with van der Waals surface area (Å²) in [6, 6.07) is 21.5. The summed E-state index contributed by atoms with van der Waals surface area (Å²) in [4.78, 5) is 22.0. The summed E-state index contributed by atoms with van der Waals surface area (Å²) in [7, 11) is 0. The molecule has 36 heavy (non-hydrogen) atoms. The zero-order valence-electron chi connectivity index (χ0n) is 19.2. The Morgan fingerprint density at radius 3 is 2.42 bits per heavy atom. The van der Waals surface area contributed by atoms with Gasteiger partial charge in [0.25, 0.3) is 0 Å². The Kier molecular flexibility index (Phi) is 10.1. The molecule has 0 aliphatic carbocycles. The number of carboxylic acids is 1. The van der Waals surface area contributed by atoms with Crippen LogP contribution in [0.2, 0.25) is 10.0 Å². The molecule has 0 bridgehead atoms. The Balaban J connectivity index is 0.00000361. The Bertz CT molecular complexity index is 1270. The first-order chi connectivity index (χ1) is 16.9. The van der Waals surface area contributed by atoms with Crippen molar-refractivity contribution in [3.8, 4) is 0 Å². The van der Waals surface area contributed by atoms with Crippen LogP contribution in [-0.2, 0) is 27.8 Å². The predicted octanol–water partition coefficient (Wildman–Crippen LogP) is 3.63. The van der Waals surface area contributed by atoms with Gasteiger partial charge in [0.2, 0.25) is 0 Å². The number of rotatable bonds is 8. The number of carbonyl (C=O) groups is 1. The fraction of sp³-hybridized carbons (Fsp3) is 0.222. The maximum absolute atomic E-state index is 13.3. The molecule has 4 rings (SSSR count). The van der Waals surface area contributed by atoms with Crippen molar-refractivity contribution in [2.75, 3.05) is 13.1 Å². The summed E-state index contributed by atoms with van der Waals surface area (Å²) in [5.74, 6) is -1.60. The van der Waals surface area contributed by atoms with Crippen LogP contribution in [0, 0.1) is 0 Å². The Hall–Kier alpha value is -2.70. The number of aliphatic imine (C=N–C) groups is 2. The molecule has 0 N–H and O–H groups in total. The van der Waals surface area contributed by atoms with E-state index in [1.54, 1.807) is 42.5 Å². The van der Waals surface area contributed by atoms with Gasteiger partial charge in [-0.05, 0) is 55.1 Å². The minimum atomic E-state index is -1.34. The fourth-order valence-corrected chi connectivity index (χ4v) is 4.61. The SMILES string of the molecule is O=C([O-])CN=C(c1ccccc1Cl)c1cc(Cl)ccc1N=C([O-])[C@@H]1CCCN1Cc1ccccc1.[Ni+2]. The Labute approximate surface area is 230 Å². The van der Waals surface area contributed by atoms with E-state index in [2.05, 4.69) is 14.9 Å². The summed E-state index contributed by atoms with van der Waals surface area (Å²) in [5, 5.41) is 25.3. The number of benzene rings is 3. The molecule has 1 heterocycles. The molecule has 6 nitrogen and oxygen atoms in total. The maximum Gasteiger partial charge on any atom is 2.00 e. The quantitative estimate of drug-likeness (QED) is 0.236. The van der Waals surface area contributed by atoms with Crippen LogP contribution in [0.4, 0.5) is 5.69 Å². The number of carbonyl (C=O) groups excluding carboxylic acids is 1. The summed E-state index contributed by atoms with van der Waals surface area (Å²) in [6.45, 7) is 0.901. The third-order valence-corrected chi connectivity index (χ3v) is 6.38. The Morgan fingerprint density at radius 2 is 1.69 bits per heavy atom. The summed E-state index contributed by atoms with van der Waals surface area (Å²) >= 11 is 12.7. The van der Waals surface area contributed by atoms with Crippen LogP contribution in [0.25, 0.3) is 0 Å². The van der Waals surface area contributed by atoms with Crippen molar-refractivity contribution in [2.45, 2.75) is 25.4 Å². The summed E-state index contributed by atoms with van der Waals surface area (Å²) < 4.78 is 0. The van der Waals surface area contributed by atoms with E-state index in [0.717, 1.165) is 18.5 Å². The monoisotopic (exact) mass is 565 g/mol. The van der Waals surface area contributed by atoms with Crippen LogP contribution in [0.15, 0.2) is 82.8 Å². The number of hydrogen-bond donors (Lipinski definition) is 0. The van der Waals surface area contributed by atoms with Gasteiger partial charge in [-0.15, -0.1) is 0 Å². The van der Waals surface area contributed by atoms with Crippen molar-refractivity contribution in [1.82, 2.24) is 4.90 Å². The minimum Gasteiger partial charge on any atom is -0.861 e. The Morgan fingerprint density at radius 1 is 0.972 bits per heavy atom. The summed E-state index contributed by atoms with van der Waals surface area (Å²) in [6.07, 6.45) is 1.62. The normalized spacial score (nSPS) is 16.6. The molecule has 1 atom stereocenters. The summed E-state index contributed by atoms with van der Waals surface area (Å²) in [5.41, 5.74) is 2.69. The second-order valence-corrected chi connectivity index (χ2v) is 9.09. The first-order valence-corrected chi connectivity index (χ1v) is 12.0. The van der Waals surface area contributed by atoms with Crippen LogP contribution >= 0.6 is 23.2 Å². The maximum atomic E-state index is 13.3. The van der Waals surface area contributed by atoms with E-state index in [4.69, 9.17) is 23.2 Å². The number of hydrogen-bond acceptors (Lipinski definition) is 6. The van der Waals surface area contributed by atoms with Crippen LogP contribution in [0.5, 0.6) is 0 Å². The van der Waals surface area contributed by atoms with Gasteiger partial charge in [-0.3, -0.25) is 14.9 Å². The molecule has 188 valence electrons. The van der Waals surface area contributed by atoms with Gasteiger partial charge in [0.15, 0.2) is 0 Å². The van der Waals surface area contributed by atoms with Crippen molar-refractivity contribution in [1.29, 1.82) is 0 Å². The van der Waals surface area contributed by atoms with Crippen LogP contribution in [-0.4, -0.2) is 41.6 Å². The third-order valence-electron chi connectivity index (χ3n) is 5.82. The standard InChI is InChI=1S/C27H25Cl2N3O3.Ni/c28-19-12-13-23(21(15-19)26(30-16-25(33)34)20-9-4-5-10-22(20)29)31-27(35)24-11-6-14-32(24)17-18-7-2-1-3-8-18;/h1-5,7-10,12-13,15,24H,6,11,14,16-17H2,(H,31,35)(H,33,34);/q;+2/p-2/t24-;/m0./s1. The van der Waals surface area contributed by atoms with Gasteiger partial charge in [-0.1, -0.05) is 71.7 Å².